The molecule has 0 aliphatic carbocycles. The maximum absolute atomic E-state index is 13.9. The molecule has 0 bridgehead atoms. The summed E-state index contributed by atoms with van der Waals surface area (Å²) in [6.45, 7) is 3.03. The number of rotatable bonds is 6. The minimum absolute atomic E-state index is 0.0575. The van der Waals surface area contributed by atoms with Crippen molar-refractivity contribution in [1.82, 2.24) is 9.55 Å². The third kappa shape index (κ3) is 4.91. The molecule has 0 fully saturated rings. The first-order valence-corrected chi connectivity index (χ1v) is 13.2. The summed E-state index contributed by atoms with van der Waals surface area (Å²) in [5.74, 6) is 0.0343. The van der Waals surface area contributed by atoms with E-state index >= 15 is 0 Å². The number of nitrogens with zero attached hydrogens (tertiary/aromatic N) is 3. The lowest BCUT2D eigenvalue weighted by molar-refractivity contribution is 0.0971. The summed E-state index contributed by atoms with van der Waals surface area (Å²) in [6.07, 6.45) is 4.60. The maximum atomic E-state index is 13.9. The molecule has 1 aliphatic rings. The van der Waals surface area contributed by atoms with Gasteiger partial charge in [0.05, 0.1) is 18.8 Å². The van der Waals surface area contributed by atoms with Gasteiger partial charge in [-0.05, 0) is 77.6 Å². The number of hydrogen-bond acceptors (Lipinski definition) is 3. The van der Waals surface area contributed by atoms with Crippen LogP contribution in [0.1, 0.15) is 49.7 Å². The van der Waals surface area contributed by atoms with Crippen molar-refractivity contribution in [1.29, 1.82) is 0 Å². The van der Waals surface area contributed by atoms with Crippen molar-refractivity contribution >= 4 is 17.4 Å². The average molecular weight is 512 g/mol. The fourth-order valence-corrected chi connectivity index (χ4v) is 5.36. The summed E-state index contributed by atoms with van der Waals surface area (Å²) in [6, 6.07) is 31.8. The van der Waals surface area contributed by atoms with E-state index < -0.39 is 0 Å². The summed E-state index contributed by atoms with van der Waals surface area (Å²) in [5, 5.41) is 0. The zero-order chi connectivity index (χ0) is 26.8. The second-order valence-corrected chi connectivity index (χ2v) is 9.99. The van der Waals surface area contributed by atoms with Crippen molar-refractivity contribution in [2.24, 2.45) is 0 Å². The topological polar surface area (TPSA) is 55.2 Å². The first kappa shape index (κ1) is 24.6. The Hall–Kier alpha value is -4.77. The molecule has 0 N–H and O–H groups in total. The molecule has 1 aliphatic heterocycles. The molecule has 3 heterocycles. The second kappa shape index (κ2) is 10.5. The van der Waals surface area contributed by atoms with Gasteiger partial charge in [-0.2, -0.15) is 0 Å². The number of amides is 1. The van der Waals surface area contributed by atoms with Crippen molar-refractivity contribution in [3.8, 4) is 11.1 Å². The van der Waals surface area contributed by atoms with E-state index in [0.717, 1.165) is 33.6 Å². The molecule has 5 nitrogen and oxygen atoms in total. The van der Waals surface area contributed by atoms with Crippen molar-refractivity contribution in [3.63, 3.8) is 0 Å². The van der Waals surface area contributed by atoms with Crippen molar-refractivity contribution in [2.45, 2.75) is 32.9 Å². The zero-order valence-electron chi connectivity index (χ0n) is 21.9. The van der Waals surface area contributed by atoms with Crippen LogP contribution in [-0.4, -0.2) is 21.2 Å². The van der Waals surface area contributed by atoms with E-state index in [-0.39, 0.29) is 11.7 Å². The van der Waals surface area contributed by atoms with Gasteiger partial charge in [0.1, 0.15) is 0 Å². The first-order chi connectivity index (χ1) is 19.1. The Morgan fingerprint density at radius 2 is 1.62 bits per heavy atom. The van der Waals surface area contributed by atoms with Gasteiger partial charge in [-0.25, -0.2) is 0 Å². The molecule has 0 spiro atoms. The number of anilines is 1. The Balaban J connectivity index is 1.28. The van der Waals surface area contributed by atoms with Crippen LogP contribution in [0.3, 0.4) is 0 Å². The van der Waals surface area contributed by atoms with E-state index in [2.05, 4.69) is 28.6 Å². The normalized spacial score (nSPS) is 12.4. The number of carbonyl (C=O) groups is 2. The Morgan fingerprint density at radius 3 is 2.41 bits per heavy atom. The average Bonchev–Trinajstić information content (AvgIpc) is 3.29. The minimum Gasteiger partial charge on any atom is -0.336 e. The molecular weight excluding hydrogens is 482 g/mol. The quantitative estimate of drug-likeness (QED) is 0.234. The molecule has 1 amide bonds. The number of para-hydroxylation sites is 1. The van der Waals surface area contributed by atoms with E-state index in [9.17, 15) is 9.59 Å². The highest BCUT2D eigenvalue weighted by Gasteiger charge is 2.27. The Morgan fingerprint density at radius 1 is 0.821 bits per heavy atom. The highest BCUT2D eigenvalue weighted by Crippen LogP contribution is 2.31. The second-order valence-electron chi connectivity index (χ2n) is 9.99. The lowest BCUT2D eigenvalue weighted by atomic mass is 9.99. The van der Waals surface area contributed by atoms with Crippen LogP contribution < -0.4 is 4.90 Å². The van der Waals surface area contributed by atoms with Crippen molar-refractivity contribution in [2.75, 3.05) is 4.90 Å². The fourth-order valence-electron chi connectivity index (χ4n) is 5.36. The number of benzene rings is 3. The van der Waals surface area contributed by atoms with Crippen LogP contribution in [0.4, 0.5) is 5.69 Å². The van der Waals surface area contributed by atoms with Crippen LogP contribution >= 0.6 is 0 Å². The Bertz CT molecular complexity index is 1650. The Kier molecular flexibility index (Phi) is 6.64. The summed E-state index contributed by atoms with van der Waals surface area (Å²) in [7, 11) is 0. The van der Waals surface area contributed by atoms with Gasteiger partial charge in [-0.1, -0.05) is 60.7 Å². The van der Waals surface area contributed by atoms with Crippen LogP contribution in [0.5, 0.6) is 0 Å². The molecule has 3 aromatic carbocycles. The number of carbonyl (C=O) groups excluding carboxylic acids is 2. The largest absolute Gasteiger partial charge is 0.336 e. The minimum atomic E-state index is -0.0575. The van der Waals surface area contributed by atoms with E-state index in [1.165, 1.54) is 5.56 Å². The molecule has 0 radical (unpaired) electrons. The van der Waals surface area contributed by atoms with E-state index in [0.29, 0.717) is 37.2 Å². The third-order valence-electron chi connectivity index (χ3n) is 7.48. The van der Waals surface area contributed by atoms with Gasteiger partial charge < -0.3 is 9.47 Å². The molecule has 39 heavy (non-hydrogen) atoms. The number of fused-ring (bicyclic) bond motifs is 2. The molecule has 5 aromatic rings. The van der Waals surface area contributed by atoms with Crippen LogP contribution in [0.15, 0.2) is 109 Å². The van der Waals surface area contributed by atoms with Gasteiger partial charge in [0.25, 0.3) is 5.91 Å². The SMILES string of the molecule is Cc1ccccc1-c1ccc(C(=O)N2Cc3ccc(C(=O)CCc4cccnc4)n3Cc3ccccc32)cc1. The summed E-state index contributed by atoms with van der Waals surface area (Å²) < 4.78 is 2.07. The van der Waals surface area contributed by atoms with Crippen molar-refractivity contribution < 1.29 is 9.59 Å². The lowest BCUT2D eigenvalue weighted by Crippen LogP contribution is -2.30. The molecule has 0 unspecified atom stereocenters. The molecule has 2 aromatic heterocycles. The number of aromatic nitrogens is 2. The monoisotopic (exact) mass is 511 g/mol. The van der Waals surface area contributed by atoms with Crippen LogP contribution in [-0.2, 0) is 19.5 Å². The van der Waals surface area contributed by atoms with E-state index in [1.807, 2.05) is 89.8 Å². The lowest BCUT2D eigenvalue weighted by Gasteiger charge is -2.23. The highest BCUT2D eigenvalue weighted by molar-refractivity contribution is 6.07. The van der Waals surface area contributed by atoms with Gasteiger partial charge >= 0.3 is 0 Å². The summed E-state index contributed by atoms with van der Waals surface area (Å²) >= 11 is 0. The smallest absolute Gasteiger partial charge is 0.258 e. The van der Waals surface area contributed by atoms with E-state index in [4.69, 9.17) is 0 Å². The zero-order valence-corrected chi connectivity index (χ0v) is 21.9. The first-order valence-electron chi connectivity index (χ1n) is 13.2. The molecular formula is C34H29N3O2. The molecule has 0 saturated heterocycles. The molecule has 0 saturated carbocycles. The van der Waals surface area contributed by atoms with Gasteiger partial charge in [-0.3, -0.25) is 14.6 Å². The van der Waals surface area contributed by atoms with Gasteiger partial charge in [0.2, 0.25) is 0 Å². The van der Waals surface area contributed by atoms with Crippen LogP contribution in [0.2, 0.25) is 0 Å². The Labute approximate surface area is 228 Å². The number of pyridine rings is 1. The summed E-state index contributed by atoms with van der Waals surface area (Å²) in [4.78, 5) is 33.1. The summed E-state index contributed by atoms with van der Waals surface area (Å²) in [5.41, 5.74) is 8.64. The number of ketones is 1. The van der Waals surface area contributed by atoms with Crippen LogP contribution in [0, 0.1) is 6.92 Å². The third-order valence-corrected chi connectivity index (χ3v) is 7.48. The van der Waals surface area contributed by atoms with Gasteiger partial charge in [0.15, 0.2) is 5.78 Å². The fraction of sp³-hybridized carbons (Fsp3) is 0.147. The predicted molar refractivity (Wildman–Crippen MR) is 154 cm³/mol. The predicted octanol–water partition coefficient (Wildman–Crippen LogP) is 6.88. The standard InChI is InChI=1S/C34H29N3O2/c1-24-7-2-4-10-30(24)26-13-15-27(16-14-26)34(39)37-23-29-17-18-32(33(38)19-12-25-8-6-20-35-21-25)36(29)22-28-9-3-5-11-31(28)37/h2-11,13-18,20-21H,12,19,22-23H2,1H3. The highest BCUT2D eigenvalue weighted by atomic mass is 16.2. The van der Waals surface area contributed by atoms with Crippen LogP contribution in [0.25, 0.3) is 11.1 Å². The molecule has 6 rings (SSSR count). The van der Waals surface area contributed by atoms with Gasteiger partial charge in [-0.15, -0.1) is 0 Å². The molecule has 192 valence electrons. The molecule has 0 atom stereocenters. The number of aryl methyl sites for hydroxylation is 2. The number of hydrogen-bond donors (Lipinski definition) is 0. The van der Waals surface area contributed by atoms with Crippen molar-refractivity contribution in [3.05, 3.63) is 143 Å². The number of Topliss-reactive ketones (excluding diaryl/α,β-unsaturated/α-hetero) is 1. The maximum Gasteiger partial charge on any atom is 0.258 e. The van der Waals surface area contributed by atoms with Gasteiger partial charge in [0, 0.05) is 35.8 Å². The van der Waals surface area contributed by atoms with E-state index in [1.54, 1.807) is 12.4 Å². The molecule has 5 heteroatoms.